The first-order valence-corrected chi connectivity index (χ1v) is 7.53. The fourth-order valence-electron chi connectivity index (χ4n) is 3.06. The lowest BCUT2D eigenvalue weighted by Gasteiger charge is -2.35. The number of halogens is 2. The second-order valence-corrected chi connectivity index (χ2v) is 5.78. The summed E-state index contributed by atoms with van der Waals surface area (Å²) < 4.78 is 14.2. The van der Waals surface area contributed by atoms with Crippen LogP contribution in [0, 0.1) is 5.82 Å². The largest absolute Gasteiger partial charge is 0.329 e. The summed E-state index contributed by atoms with van der Waals surface area (Å²) in [5, 5.41) is 0.448. The molecule has 0 amide bonds. The zero-order chi connectivity index (χ0) is 14.8. The van der Waals surface area contributed by atoms with Crippen LogP contribution >= 0.6 is 11.6 Å². The van der Waals surface area contributed by atoms with E-state index in [2.05, 4.69) is 23.1 Å². The molecular weight excluding hydrogens is 287 g/mol. The van der Waals surface area contributed by atoms with E-state index in [1.807, 2.05) is 6.07 Å². The predicted molar refractivity (Wildman–Crippen MR) is 83.8 cm³/mol. The minimum atomic E-state index is -0.281. The van der Waals surface area contributed by atoms with Gasteiger partial charge in [0.2, 0.25) is 0 Å². The van der Waals surface area contributed by atoms with E-state index in [1.54, 1.807) is 12.1 Å². The molecule has 21 heavy (non-hydrogen) atoms. The van der Waals surface area contributed by atoms with Crippen LogP contribution in [0.3, 0.4) is 0 Å². The fourth-order valence-corrected chi connectivity index (χ4v) is 3.35. The molecule has 3 rings (SSSR count). The van der Waals surface area contributed by atoms with Crippen LogP contribution in [0.1, 0.15) is 22.7 Å². The van der Waals surface area contributed by atoms with E-state index >= 15 is 0 Å². The van der Waals surface area contributed by atoms with Crippen molar-refractivity contribution in [1.29, 1.82) is 0 Å². The van der Waals surface area contributed by atoms with Crippen LogP contribution in [0.15, 0.2) is 42.5 Å². The first-order valence-electron chi connectivity index (χ1n) is 7.15. The van der Waals surface area contributed by atoms with E-state index in [9.17, 15) is 4.39 Å². The number of rotatable bonds is 3. The Morgan fingerprint density at radius 3 is 2.62 bits per heavy atom. The smallest absolute Gasteiger partial charge is 0.129 e. The highest BCUT2D eigenvalue weighted by atomic mass is 35.5. The second-order valence-electron chi connectivity index (χ2n) is 5.38. The molecule has 2 nitrogen and oxygen atoms in total. The molecule has 0 bridgehead atoms. The molecule has 0 saturated carbocycles. The van der Waals surface area contributed by atoms with Crippen LogP contribution in [0.25, 0.3) is 0 Å². The van der Waals surface area contributed by atoms with Gasteiger partial charge in [-0.25, -0.2) is 4.39 Å². The van der Waals surface area contributed by atoms with Gasteiger partial charge in [-0.2, -0.15) is 0 Å². The summed E-state index contributed by atoms with van der Waals surface area (Å²) in [5.41, 5.74) is 9.09. The van der Waals surface area contributed by atoms with Crippen molar-refractivity contribution in [3.05, 3.63) is 70.0 Å². The van der Waals surface area contributed by atoms with Crippen LogP contribution in [0.2, 0.25) is 5.02 Å². The highest BCUT2D eigenvalue weighted by Gasteiger charge is 2.27. The number of nitrogens with zero attached hydrogens (tertiary/aromatic N) is 1. The van der Waals surface area contributed by atoms with Crippen molar-refractivity contribution in [2.24, 2.45) is 5.73 Å². The van der Waals surface area contributed by atoms with Crippen molar-refractivity contribution in [1.82, 2.24) is 4.90 Å². The van der Waals surface area contributed by atoms with Crippen LogP contribution in [-0.2, 0) is 13.0 Å². The van der Waals surface area contributed by atoms with Gasteiger partial charge in [-0.05, 0) is 29.7 Å². The molecule has 2 N–H and O–H groups in total. The summed E-state index contributed by atoms with van der Waals surface area (Å²) in [6, 6.07) is 13.0. The first kappa shape index (κ1) is 14.5. The molecule has 1 unspecified atom stereocenters. The lowest BCUT2D eigenvalue weighted by molar-refractivity contribution is 0.180. The maximum atomic E-state index is 14.2. The summed E-state index contributed by atoms with van der Waals surface area (Å²) >= 11 is 6.20. The Bertz CT molecular complexity index is 624. The van der Waals surface area contributed by atoms with Crippen molar-refractivity contribution < 1.29 is 4.39 Å². The number of nitrogens with two attached hydrogens (primary N) is 1. The Morgan fingerprint density at radius 2 is 1.90 bits per heavy atom. The third kappa shape index (κ3) is 2.82. The zero-order valence-corrected chi connectivity index (χ0v) is 12.5. The number of benzene rings is 2. The normalized spacial score (nSPS) is 16.5. The quantitative estimate of drug-likeness (QED) is 0.940. The third-order valence-corrected chi connectivity index (χ3v) is 4.49. The lowest BCUT2D eigenvalue weighted by atomic mass is 9.96. The fraction of sp³-hybridized carbons (Fsp3) is 0.294. The topological polar surface area (TPSA) is 29.3 Å². The van der Waals surface area contributed by atoms with E-state index in [1.165, 1.54) is 17.2 Å². The van der Waals surface area contributed by atoms with Gasteiger partial charge in [0.1, 0.15) is 5.82 Å². The van der Waals surface area contributed by atoms with Gasteiger partial charge in [0, 0.05) is 30.2 Å². The minimum Gasteiger partial charge on any atom is -0.329 e. The molecule has 0 fully saturated rings. The molecule has 0 aliphatic carbocycles. The van der Waals surface area contributed by atoms with Crippen molar-refractivity contribution in [2.75, 3.05) is 13.1 Å². The Kier molecular flexibility index (Phi) is 4.24. The Hall–Kier alpha value is -1.42. The molecule has 0 aromatic heterocycles. The summed E-state index contributed by atoms with van der Waals surface area (Å²) in [7, 11) is 0. The Labute approximate surface area is 129 Å². The highest BCUT2D eigenvalue weighted by molar-refractivity contribution is 6.31. The van der Waals surface area contributed by atoms with E-state index in [0.29, 0.717) is 17.1 Å². The maximum Gasteiger partial charge on any atom is 0.129 e. The van der Waals surface area contributed by atoms with Crippen LogP contribution < -0.4 is 5.73 Å². The summed E-state index contributed by atoms with van der Waals surface area (Å²) in [4.78, 5) is 2.21. The molecule has 110 valence electrons. The van der Waals surface area contributed by atoms with Crippen LogP contribution in [-0.4, -0.2) is 18.0 Å². The van der Waals surface area contributed by atoms with E-state index in [-0.39, 0.29) is 11.9 Å². The minimum absolute atomic E-state index is 0.188. The average Bonchev–Trinajstić information content (AvgIpc) is 2.50. The Morgan fingerprint density at radius 1 is 1.14 bits per heavy atom. The van der Waals surface area contributed by atoms with Gasteiger partial charge in [-0.3, -0.25) is 4.90 Å². The van der Waals surface area contributed by atoms with Gasteiger partial charge in [0.25, 0.3) is 0 Å². The standard InChI is InChI=1S/C17H18ClFN2/c18-14-6-3-7-15(19)17(14)16(10-20)21-9-8-12-4-1-2-5-13(12)11-21/h1-7,16H,8-11,20H2. The van der Waals surface area contributed by atoms with Crippen molar-refractivity contribution in [3.8, 4) is 0 Å². The van der Waals surface area contributed by atoms with Crippen LogP contribution in [0.5, 0.6) is 0 Å². The number of hydrogen-bond acceptors (Lipinski definition) is 2. The molecule has 1 heterocycles. The van der Waals surface area contributed by atoms with Gasteiger partial charge < -0.3 is 5.73 Å². The van der Waals surface area contributed by atoms with Crippen LogP contribution in [0.4, 0.5) is 4.39 Å². The van der Waals surface area contributed by atoms with E-state index in [0.717, 1.165) is 19.5 Å². The summed E-state index contributed by atoms with van der Waals surface area (Å²) in [6.07, 6.45) is 0.957. The van der Waals surface area contributed by atoms with Crippen molar-refractivity contribution in [3.63, 3.8) is 0 Å². The number of fused-ring (bicyclic) bond motifs is 1. The maximum absolute atomic E-state index is 14.2. The van der Waals surface area contributed by atoms with E-state index in [4.69, 9.17) is 17.3 Å². The molecule has 4 heteroatoms. The lowest BCUT2D eigenvalue weighted by Crippen LogP contribution is -2.38. The molecule has 1 aliphatic rings. The van der Waals surface area contributed by atoms with Crippen molar-refractivity contribution >= 4 is 11.6 Å². The molecule has 0 saturated heterocycles. The molecule has 1 aliphatic heterocycles. The van der Waals surface area contributed by atoms with E-state index < -0.39 is 0 Å². The van der Waals surface area contributed by atoms with Gasteiger partial charge in [0.05, 0.1) is 6.04 Å². The summed E-state index contributed by atoms with van der Waals surface area (Å²) in [6.45, 7) is 2.00. The second kappa shape index (κ2) is 6.14. The van der Waals surface area contributed by atoms with Gasteiger partial charge in [-0.1, -0.05) is 41.9 Å². The molecule has 0 spiro atoms. The Balaban J connectivity index is 1.92. The van der Waals surface area contributed by atoms with Gasteiger partial charge in [0.15, 0.2) is 0 Å². The first-order chi connectivity index (χ1) is 10.2. The third-order valence-electron chi connectivity index (χ3n) is 4.16. The van der Waals surface area contributed by atoms with Crippen molar-refractivity contribution in [2.45, 2.75) is 19.0 Å². The SMILES string of the molecule is NCC(c1c(F)cccc1Cl)N1CCc2ccccc2C1. The molecule has 0 radical (unpaired) electrons. The zero-order valence-electron chi connectivity index (χ0n) is 11.7. The molecule has 2 aromatic carbocycles. The number of hydrogen-bond donors (Lipinski definition) is 1. The average molecular weight is 305 g/mol. The molecular formula is C17H18ClFN2. The molecule has 1 atom stereocenters. The van der Waals surface area contributed by atoms with Gasteiger partial charge >= 0.3 is 0 Å². The molecule has 2 aromatic rings. The highest BCUT2D eigenvalue weighted by Crippen LogP contribution is 2.32. The summed E-state index contributed by atoms with van der Waals surface area (Å²) in [5.74, 6) is -0.281. The predicted octanol–water partition coefficient (Wildman–Crippen LogP) is 3.54. The monoisotopic (exact) mass is 304 g/mol. The van der Waals surface area contributed by atoms with Gasteiger partial charge in [-0.15, -0.1) is 0 Å².